The number of carbonyl (C=O) groups is 2. The first-order valence-corrected chi connectivity index (χ1v) is 10.4. The lowest BCUT2D eigenvalue weighted by molar-refractivity contribution is -0.135. The van der Waals surface area contributed by atoms with Crippen LogP contribution in [0.4, 0.5) is 4.79 Å². The fourth-order valence-electron chi connectivity index (χ4n) is 3.63. The Morgan fingerprint density at radius 1 is 1.23 bits per heavy atom. The SMILES string of the molecule is CCCCC(NC(N)=O)C(=O)N1CCN(Cc2nc(-c3ccccc3C)no2)CC1. The summed E-state index contributed by atoms with van der Waals surface area (Å²) in [5, 5.41) is 6.69. The smallest absolute Gasteiger partial charge is 0.312 e. The van der Waals surface area contributed by atoms with E-state index >= 15 is 0 Å². The first-order chi connectivity index (χ1) is 14.5. The number of aryl methyl sites for hydroxylation is 1. The molecule has 30 heavy (non-hydrogen) atoms. The summed E-state index contributed by atoms with van der Waals surface area (Å²) < 4.78 is 5.43. The van der Waals surface area contributed by atoms with Crippen molar-refractivity contribution < 1.29 is 14.1 Å². The molecule has 1 unspecified atom stereocenters. The highest BCUT2D eigenvalue weighted by molar-refractivity contribution is 5.86. The molecule has 2 aromatic rings. The minimum Gasteiger partial charge on any atom is -0.352 e. The van der Waals surface area contributed by atoms with Crippen molar-refractivity contribution in [2.75, 3.05) is 26.2 Å². The molecule has 1 atom stereocenters. The van der Waals surface area contributed by atoms with Gasteiger partial charge in [-0.1, -0.05) is 49.2 Å². The summed E-state index contributed by atoms with van der Waals surface area (Å²) in [6.45, 7) is 7.17. The topological polar surface area (TPSA) is 118 Å². The molecule has 0 aliphatic carbocycles. The van der Waals surface area contributed by atoms with E-state index in [4.69, 9.17) is 10.3 Å². The van der Waals surface area contributed by atoms with Gasteiger partial charge in [0.1, 0.15) is 6.04 Å². The molecule has 0 bridgehead atoms. The molecule has 0 spiro atoms. The second-order valence-electron chi connectivity index (χ2n) is 7.63. The largest absolute Gasteiger partial charge is 0.352 e. The second kappa shape index (κ2) is 10.2. The maximum Gasteiger partial charge on any atom is 0.312 e. The quantitative estimate of drug-likeness (QED) is 0.681. The van der Waals surface area contributed by atoms with Gasteiger partial charge in [0.2, 0.25) is 17.6 Å². The number of urea groups is 1. The van der Waals surface area contributed by atoms with E-state index in [9.17, 15) is 9.59 Å². The summed E-state index contributed by atoms with van der Waals surface area (Å²) in [4.78, 5) is 32.5. The molecule has 1 saturated heterocycles. The normalized spacial score (nSPS) is 15.7. The van der Waals surface area contributed by atoms with E-state index in [0.717, 1.165) is 24.0 Å². The van der Waals surface area contributed by atoms with Crippen molar-refractivity contribution in [3.05, 3.63) is 35.7 Å². The molecule has 3 N–H and O–H groups in total. The highest BCUT2D eigenvalue weighted by Crippen LogP contribution is 2.20. The van der Waals surface area contributed by atoms with Crippen LogP contribution in [0.15, 0.2) is 28.8 Å². The monoisotopic (exact) mass is 414 g/mol. The number of nitrogens with zero attached hydrogens (tertiary/aromatic N) is 4. The lowest BCUT2D eigenvalue weighted by atomic mass is 10.1. The fourth-order valence-corrected chi connectivity index (χ4v) is 3.63. The Morgan fingerprint density at radius 2 is 1.97 bits per heavy atom. The Bertz CT molecular complexity index is 860. The third kappa shape index (κ3) is 5.56. The molecule has 1 aromatic heterocycles. The van der Waals surface area contributed by atoms with E-state index in [-0.39, 0.29) is 5.91 Å². The molecule has 1 aromatic carbocycles. The molecular weight excluding hydrogens is 384 g/mol. The van der Waals surface area contributed by atoms with Crippen LogP contribution in [0, 0.1) is 6.92 Å². The van der Waals surface area contributed by atoms with Gasteiger partial charge in [0.15, 0.2) is 0 Å². The van der Waals surface area contributed by atoms with Gasteiger partial charge in [0.25, 0.3) is 0 Å². The van der Waals surface area contributed by atoms with Crippen molar-refractivity contribution in [1.29, 1.82) is 0 Å². The number of benzene rings is 1. The maximum absolute atomic E-state index is 12.8. The first kappa shape index (κ1) is 21.8. The van der Waals surface area contributed by atoms with Crippen LogP contribution in [-0.2, 0) is 11.3 Å². The third-order valence-electron chi connectivity index (χ3n) is 5.36. The molecule has 3 amide bonds. The van der Waals surface area contributed by atoms with Crippen LogP contribution in [0.2, 0.25) is 0 Å². The van der Waals surface area contributed by atoms with Gasteiger partial charge in [-0.25, -0.2) is 4.79 Å². The Kier molecular flexibility index (Phi) is 7.40. The number of nitrogens with two attached hydrogens (primary N) is 1. The van der Waals surface area contributed by atoms with Gasteiger partial charge in [-0.15, -0.1) is 0 Å². The van der Waals surface area contributed by atoms with Crippen molar-refractivity contribution in [3.63, 3.8) is 0 Å². The number of aromatic nitrogens is 2. The van der Waals surface area contributed by atoms with Crippen molar-refractivity contribution in [2.45, 2.75) is 45.7 Å². The third-order valence-corrected chi connectivity index (χ3v) is 5.36. The van der Waals surface area contributed by atoms with Crippen LogP contribution >= 0.6 is 0 Å². The number of rotatable bonds is 8. The predicted molar refractivity (Wildman–Crippen MR) is 112 cm³/mol. The molecule has 1 aliphatic rings. The van der Waals surface area contributed by atoms with Crippen LogP contribution in [0.3, 0.4) is 0 Å². The van der Waals surface area contributed by atoms with E-state index in [1.807, 2.05) is 38.1 Å². The minimum absolute atomic E-state index is 0.0680. The number of nitrogens with one attached hydrogen (secondary N) is 1. The lowest BCUT2D eigenvalue weighted by Crippen LogP contribution is -2.55. The molecular formula is C21H30N6O3. The van der Waals surface area contributed by atoms with Crippen molar-refractivity contribution in [3.8, 4) is 11.4 Å². The zero-order valence-corrected chi connectivity index (χ0v) is 17.6. The highest BCUT2D eigenvalue weighted by atomic mass is 16.5. The summed E-state index contributed by atoms with van der Waals surface area (Å²) in [5.74, 6) is 1.08. The fraction of sp³-hybridized carbons (Fsp3) is 0.524. The van der Waals surface area contributed by atoms with Crippen molar-refractivity contribution in [1.82, 2.24) is 25.3 Å². The highest BCUT2D eigenvalue weighted by Gasteiger charge is 2.28. The summed E-state index contributed by atoms with van der Waals surface area (Å²) in [5.41, 5.74) is 7.30. The van der Waals surface area contributed by atoms with E-state index in [2.05, 4.69) is 20.4 Å². The predicted octanol–water partition coefficient (Wildman–Crippen LogP) is 1.92. The molecule has 9 nitrogen and oxygen atoms in total. The van der Waals surface area contributed by atoms with Crippen LogP contribution in [0.5, 0.6) is 0 Å². The zero-order valence-electron chi connectivity index (χ0n) is 17.6. The molecule has 9 heteroatoms. The van der Waals surface area contributed by atoms with Crippen LogP contribution < -0.4 is 11.1 Å². The van der Waals surface area contributed by atoms with E-state index in [1.165, 1.54) is 0 Å². The molecule has 0 saturated carbocycles. The van der Waals surface area contributed by atoms with Crippen LogP contribution in [0.25, 0.3) is 11.4 Å². The van der Waals surface area contributed by atoms with Crippen molar-refractivity contribution >= 4 is 11.9 Å². The number of hydrogen-bond acceptors (Lipinski definition) is 6. The molecule has 2 heterocycles. The van der Waals surface area contributed by atoms with Gasteiger partial charge >= 0.3 is 6.03 Å². The van der Waals surface area contributed by atoms with Crippen molar-refractivity contribution in [2.24, 2.45) is 5.73 Å². The summed E-state index contributed by atoms with van der Waals surface area (Å²) in [7, 11) is 0. The average molecular weight is 415 g/mol. The summed E-state index contributed by atoms with van der Waals surface area (Å²) in [6.07, 6.45) is 2.41. The van der Waals surface area contributed by atoms with Gasteiger partial charge in [0.05, 0.1) is 6.54 Å². The Morgan fingerprint density at radius 3 is 2.63 bits per heavy atom. The molecule has 1 fully saturated rings. The first-order valence-electron chi connectivity index (χ1n) is 10.4. The Balaban J connectivity index is 1.53. The zero-order chi connectivity index (χ0) is 21.5. The number of primary amides is 1. The lowest BCUT2D eigenvalue weighted by Gasteiger charge is -2.35. The van der Waals surface area contributed by atoms with E-state index in [0.29, 0.717) is 50.9 Å². The molecule has 1 aliphatic heterocycles. The number of amides is 3. The van der Waals surface area contributed by atoms with Gasteiger partial charge in [-0.05, 0) is 18.9 Å². The Labute approximate surface area is 176 Å². The van der Waals surface area contributed by atoms with Gasteiger partial charge < -0.3 is 20.5 Å². The number of unbranched alkanes of at least 4 members (excludes halogenated alkanes) is 1. The van der Waals surface area contributed by atoms with Gasteiger partial charge in [0, 0.05) is 31.7 Å². The second-order valence-corrected chi connectivity index (χ2v) is 7.63. The average Bonchev–Trinajstić information content (AvgIpc) is 3.19. The van der Waals surface area contributed by atoms with E-state index < -0.39 is 12.1 Å². The molecule has 3 rings (SSSR count). The Hall–Kier alpha value is -2.94. The van der Waals surface area contributed by atoms with E-state index in [1.54, 1.807) is 4.90 Å². The van der Waals surface area contributed by atoms with Gasteiger partial charge in [-0.3, -0.25) is 9.69 Å². The summed E-state index contributed by atoms with van der Waals surface area (Å²) >= 11 is 0. The summed E-state index contributed by atoms with van der Waals surface area (Å²) in [6, 6.07) is 6.71. The molecule has 0 radical (unpaired) electrons. The molecule has 162 valence electrons. The van der Waals surface area contributed by atoms with Crippen LogP contribution in [0.1, 0.15) is 37.6 Å². The minimum atomic E-state index is -0.663. The van der Waals surface area contributed by atoms with Gasteiger partial charge in [-0.2, -0.15) is 4.98 Å². The standard InChI is InChI=1S/C21H30N6O3/c1-3-4-9-17(23-21(22)29)20(28)27-12-10-26(11-13-27)14-18-24-19(25-30-18)16-8-6-5-7-15(16)2/h5-8,17H,3-4,9-14H2,1-2H3,(H3,22,23,29). The number of piperazine rings is 1. The number of hydrogen-bond donors (Lipinski definition) is 2. The number of carbonyl (C=O) groups excluding carboxylic acids is 2. The maximum atomic E-state index is 12.8. The van der Waals surface area contributed by atoms with Crippen LogP contribution in [-0.4, -0.2) is 64.1 Å².